The first-order valence-electron chi connectivity index (χ1n) is 10.1. The highest BCUT2D eigenvalue weighted by molar-refractivity contribution is 5.81. The van der Waals surface area contributed by atoms with E-state index >= 15 is 0 Å². The van der Waals surface area contributed by atoms with Gasteiger partial charge in [-0.1, -0.05) is 13.0 Å². The van der Waals surface area contributed by atoms with Crippen molar-refractivity contribution in [1.29, 1.82) is 0 Å². The van der Waals surface area contributed by atoms with Gasteiger partial charge in [-0.15, -0.1) is 0 Å². The molecule has 3 N–H and O–H groups in total. The number of nitrogens with zero attached hydrogens (tertiary/aromatic N) is 1. The smallest absolute Gasteiger partial charge is 0.221 e. The number of aliphatic imine (C=N–C) groups is 1. The molecule has 0 saturated heterocycles. The summed E-state index contributed by atoms with van der Waals surface area (Å²) in [6, 6.07) is 6.25. The van der Waals surface area contributed by atoms with Gasteiger partial charge in [0, 0.05) is 32.6 Å². The number of benzene rings is 1. The van der Waals surface area contributed by atoms with Crippen molar-refractivity contribution in [1.82, 2.24) is 16.0 Å². The Hall–Kier alpha value is -2.44. The Bertz CT molecular complexity index is 620. The van der Waals surface area contributed by atoms with E-state index in [0.29, 0.717) is 25.5 Å². The van der Waals surface area contributed by atoms with Gasteiger partial charge in [-0.05, 0) is 50.8 Å². The monoisotopic (exact) mass is 392 g/mol. The van der Waals surface area contributed by atoms with Crippen LogP contribution in [-0.4, -0.2) is 51.8 Å². The fourth-order valence-corrected chi connectivity index (χ4v) is 2.61. The molecule has 0 fully saturated rings. The van der Waals surface area contributed by atoms with Crippen molar-refractivity contribution in [3.63, 3.8) is 0 Å². The van der Waals surface area contributed by atoms with Gasteiger partial charge in [0.2, 0.25) is 5.91 Å². The molecule has 1 amide bonds. The van der Waals surface area contributed by atoms with Crippen molar-refractivity contribution in [3.05, 3.63) is 23.8 Å². The van der Waals surface area contributed by atoms with Crippen LogP contribution in [0.3, 0.4) is 0 Å². The van der Waals surface area contributed by atoms with Gasteiger partial charge < -0.3 is 25.4 Å². The van der Waals surface area contributed by atoms with E-state index in [-0.39, 0.29) is 11.9 Å². The number of amides is 1. The molecule has 1 aromatic rings. The van der Waals surface area contributed by atoms with E-state index in [1.807, 2.05) is 26.0 Å². The van der Waals surface area contributed by atoms with E-state index < -0.39 is 0 Å². The Labute approximate surface area is 169 Å². The first-order valence-corrected chi connectivity index (χ1v) is 10.1. The molecule has 0 aromatic heterocycles. The number of nitrogens with one attached hydrogen (secondary N) is 3. The van der Waals surface area contributed by atoms with Gasteiger partial charge in [-0.3, -0.25) is 9.79 Å². The molecular formula is C21H36N4O3. The van der Waals surface area contributed by atoms with E-state index in [4.69, 9.17) is 9.47 Å². The Morgan fingerprint density at radius 1 is 1.18 bits per heavy atom. The van der Waals surface area contributed by atoms with Crippen molar-refractivity contribution in [2.24, 2.45) is 4.99 Å². The number of aryl methyl sites for hydroxylation is 1. The summed E-state index contributed by atoms with van der Waals surface area (Å²) in [5, 5.41) is 9.41. The molecule has 1 atom stereocenters. The zero-order valence-corrected chi connectivity index (χ0v) is 17.9. The topological polar surface area (TPSA) is 84.0 Å². The molecule has 7 nitrogen and oxygen atoms in total. The number of hydrogen-bond acceptors (Lipinski definition) is 4. The summed E-state index contributed by atoms with van der Waals surface area (Å²) in [5.74, 6) is 2.30. The van der Waals surface area contributed by atoms with Crippen molar-refractivity contribution in [2.75, 3.05) is 33.9 Å². The third-order valence-corrected chi connectivity index (χ3v) is 4.35. The maximum atomic E-state index is 11.8. The summed E-state index contributed by atoms with van der Waals surface area (Å²) in [6.07, 6.45) is 3.23. The molecule has 0 aliphatic heterocycles. The van der Waals surface area contributed by atoms with Crippen LogP contribution in [0.5, 0.6) is 11.5 Å². The lowest BCUT2D eigenvalue weighted by Gasteiger charge is -2.14. The summed E-state index contributed by atoms with van der Waals surface area (Å²) in [6.45, 7) is 7.97. The van der Waals surface area contributed by atoms with E-state index in [0.717, 1.165) is 37.3 Å². The fraction of sp³-hybridized carbons (Fsp3) is 0.619. The Balaban J connectivity index is 2.32. The number of guanidine groups is 1. The molecule has 7 heteroatoms. The SMILES string of the molecule is CCOc1cc(CCCNC(=NC)NCCC(=O)NC(C)CC)ccc1OC. The summed E-state index contributed by atoms with van der Waals surface area (Å²) >= 11 is 0. The molecule has 0 spiro atoms. The second-order valence-corrected chi connectivity index (χ2v) is 6.57. The van der Waals surface area contributed by atoms with E-state index in [1.54, 1.807) is 14.2 Å². The molecule has 0 radical (unpaired) electrons. The minimum atomic E-state index is 0.0573. The summed E-state index contributed by atoms with van der Waals surface area (Å²) < 4.78 is 10.9. The van der Waals surface area contributed by atoms with Gasteiger partial charge >= 0.3 is 0 Å². The minimum Gasteiger partial charge on any atom is -0.493 e. The van der Waals surface area contributed by atoms with Crippen LogP contribution in [0.4, 0.5) is 0 Å². The third kappa shape index (κ3) is 8.97. The highest BCUT2D eigenvalue weighted by Crippen LogP contribution is 2.28. The van der Waals surface area contributed by atoms with Gasteiger partial charge in [0.15, 0.2) is 17.5 Å². The third-order valence-electron chi connectivity index (χ3n) is 4.35. The van der Waals surface area contributed by atoms with Gasteiger partial charge in [-0.25, -0.2) is 0 Å². The van der Waals surface area contributed by atoms with Crippen LogP contribution in [0.2, 0.25) is 0 Å². The van der Waals surface area contributed by atoms with Crippen LogP contribution in [0.1, 0.15) is 45.6 Å². The van der Waals surface area contributed by atoms with Crippen LogP contribution in [0, 0.1) is 0 Å². The normalized spacial score (nSPS) is 12.2. The molecule has 0 aliphatic carbocycles. The largest absolute Gasteiger partial charge is 0.493 e. The predicted octanol–water partition coefficient (Wildman–Crippen LogP) is 2.50. The second-order valence-electron chi connectivity index (χ2n) is 6.57. The minimum absolute atomic E-state index is 0.0573. The molecule has 158 valence electrons. The van der Waals surface area contributed by atoms with Gasteiger partial charge in [0.1, 0.15) is 0 Å². The van der Waals surface area contributed by atoms with E-state index in [2.05, 4.69) is 33.9 Å². The summed E-state index contributed by atoms with van der Waals surface area (Å²) in [4.78, 5) is 16.0. The van der Waals surface area contributed by atoms with Gasteiger partial charge in [-0.2, -0.15) is 0 Å². The highest BCUT2D eigenvalue weighted by Gasteiger charge is 2.07. The maximum Gasteiger partial charge on any atom is 0.221 e. The van der Waals surface area contributed by atoms with E-state index in [1.165, 1.54) is 5.56 Å². The average Bonchev–Trinajstić information content (AvgIpc) is 2.70. The molecular weight excluding hydrogens is 356 g/mol. The van der Waals surface area contributed by atoms with Crippen LogP contribution in [0.15, 0.2) is 23.2 Å². The lowest BCUT2D eigenvalue weighted by Crippen LogP contribution is -2.40. The number of carbonyl (C=O) groups is 1. The zero-order chi connectivity index (χ0) is 20.8. The fourth-order valence-electron chi connectivity index (χ4n) is 2.61. The number of ether oxygens (including phenoxy) is 2. The van der Waals surface area contributed by atoms with Crippen molar-refractivity contribution < 1.29 is 14.3 Å². The van der Waals surface area contributed by atoms with Crippen molar-refractivity contribution >= 4 is 11.9 Å². The van der Waals surface area contributed by atoms with Crippen molar-refractivity contribution in [2.45, 2.75) is 52.5 Å². The Kier molecular flexibility index (Phi) is 11.5. The number of methoxy groups -OCH3 is 1. The number of carbonyl (C=O) groups excluding carboxylic acids is 1. The van der Waals surface area contributed by atoms with Gasteiger partial charge in [0.25, 0.3) is 0 Å². The molecule has 1 rings (SSSR count). The molecule has 0 heterocycles. The molecule has 0 aliphatic rings. The summed E-state index contributed by atoms with van der Waals surface area (Å²) in [7, 11) is 3.38. The van der Waals surface area contributed by atoms with Gasteiger partial charge in [0.05, 0.1) is 13.7 Å². The molecule has 0 bridgehead atoms. The first kappa shape index (κ1) is 23.6. The lowest BCUT2D eigenvalue weighted by atomic mass is 10.1. The van der Waals surface area contributed by atoms with Crippen LogP contribution in [-0.2, 0) is 11.2 Å². The molecule has 0 saturated carbocycles. The van der Waals surface area contributed by atoms with Crippen molar-refractivity contribution in [3.8, 4) is 11.5 Å². The highest BCUT2D eigenvalue weighted by atomic mass is 16.5. The maximum absolute atomic E-state index is 11.8. The van der Waals surface area contributed by atoms with Crippen LogP contribution >= 0.6 is 0 Å². The van der Waals surface area contributed by atoms with Crippen LogP contribution < -0.4 is 25.4 Å². The molecule has 1 unspecified atom stereocenters. The Morgan fingerprint density at radius 2 is 1.93 bits per heavy atom. The number of hydrogen-bond donors (Lipinski definition) is 3. The standard InChI is InChI=1S/C21H36N4O3/c1-6-16(3)25-20(26)12-14-24-21(22-4)23-13-8-9-17-10-11-18(27-5)19(15-17)28-7-2/h10-11,15-16H,6-9,12-14H2,1-5H3,(H,25,26)(H2,22,23,24). The zero-order valence-electron chi connectivity index (χ0n) is 17.9. The Morgan fingerprint density at radius 3 is 2.57 bits per heavy atom. The number of rotatable bonds is 12. The average molecular weight is 393 g/mol. The summed E-state index contributed by atoms with van der Waals surface area (Å²) in [5.41, 5.74) is 1.20. The van der Waals surface area contributed by atoms with E-state index in [9.17, 15) is 4.79 Å². The lowest BCUT2D eigenvalue weighted by molar-refractivity contribution is -0.121. The molecule has 1 aromatic carbocycles. The first-order chi connectivity index (χ1) is 13.5. The predicted molar refractivity (Wildman–Crippen MR) is 114 cm³/mol. The quantitative estimate of drug-likeness (QED) is 0.289. The van der Waals surface area contributed by atoms with Crippen LogP contribution in [0.25, 0.3) is 0 Å². The molecule has 28 heavy (non-hydrogen) atoms. The second kappa shape index (κ2) is 13.7.